The van der Waals surface area contributed by atoms with Crippen molar-refractivity contribution in [2.24, 2.45) is 5.92 Å². The van der Waals surface area contributed by atoms with E-state index in [9.17, 15) is 14.4 Å². The van der Waals surface area contributed by atoms with Gasteiger partial charge in [0.15, 0.2) is 5.75 Å². The number of methoxy groups -OCH3 is 1. The molecule has 8 nitrogen and oxygen atoms in total. The Kier molecular flexibility index (Phi) is 7.46. The molecule has 0 radical (unpaired) electrons. The molecular weight excluding hydrogens is 396 g/mol. The molecule has 1 aromatic heterocycles. The van der Waals surface area contributed by atoms with Gasteiger partial charge in [0.05, 0.1) is 13.3 Å². The second kappa shape index (κ2) is 10.3. The van der Waals surface area contributed by atoms with Crippen LogP contribution in [0.3, 0.4) is 0 Å². The topological polar surface area (TPSA) is 92.7 Å². The minimum Gasteiger partial charge on any atom is -0.491 e. The van der Waals surface area contributed by atoms with Gasteiger partial charge in [-0.2, -0.15) is 0 Å². The van der Waals surface area contributed by atoms with Crippen LogP contribution in [0.15, 0.2) is 41.3 Å². The van der Waals surface area contributed by atoms with Gasteiger partial charge in [0.2, 0.25) is 17.2 Å². The first-order chi connectivity index (χ1) is 14.8. The molecule has 0 bridgehead atoms. The third-order valence-corrected chi connectivity index (χ3v) is 5.44. The average Bonchev–Trinajstić information content (AvgIpc) is 2.71. The summed E-state index contributed by atoms with van der Waals surface area (Å²) < 4.78 is 6.95. The van der Waals surface area contributed by atoms with Gasteiger partial charge in [-0.15, -0.1) is 0 Å². The maximum Gasteiger partial charge on any atom is 0.244 e. The van der Waals surface area contributed by atoms with Crippen molar-refractivity contribution in [3.05, 3.63) is 52.4 Å². The number of benzene rings is 1. The van der Waals surface area contributed by atoms with Gasteiger partial charge in [0, 0.05) is 36.6 Å². The third kappa shape index (κ3) is 6.42. The summed E-state index contributed by atoms with van der Waals surface area (Å²) in [5.74, 6) is 0.504. The van der Waals surface area contributed by atoms with Crippen LogP contribution in [-0.2, 0) is 22.7 Å². The summed E-state index contributed by atoms with van der Waals surface area (Å²) in [5, 5.41) is 5.54. The van der Waals surface area contributed by atoms with Crippen molar-refractivity contribution < 1.29 is 14.3 Å². The van der Waals surface area contributed by atoms with E-state index in [-0.39, 0.29) is 29.5 Å². The molecule has 0 unspecified atom stereocenters. The molecule has 2 aromatic rings. The first kappa shape index (κ1) is 22.6. The predicted molar refractivity (Wildman–Crippen MR) is 120 cm³/mol. The number of likely N-dealkylation sites (tertiary alicyclic amines) is 1. The zero-order valence-corrected chi connectivity index (χ0v) is 18.3. The molecule has 8 heteroatoms. The number of aromatic nitrogens is 1. The highest BCUT2D eigenvalue weighted by atomic mass is 16.5. The maximum atomic E-state index is 12.7. The number of hydrogen-bond acceptors (Lipinski definition) is 5. The molecule has 2 N–H and O–H groups in total. The Hall–Kier alpha value is -3.13. The second-order valence-corrected chi connectivity index (χ2v) is 8.09. The summed E-state index contributed by atoms with van der Waals surface area (Å²) in [5.41, 5.74) is 1.77. The zero-order chi connectivity index (χ0) is 22.4. The summed E-state index contributed by atoms with van der Waals surface area (Å²) in [4.78, 5) is 38.6. The zero-order valence-electron chi connectivity index (χ0n) is 18.3. The smallest absolute Gasteiger partial charge is 0.244 e. The SMILES string of the molecule is COc1cn(CC(=O)Nc2cccc(NC(C)=O)c2)c(CN2CCC(C)CC2)cc1=O. The molecule has 3 rings (SSSR count). The van der Waals surface area contributed by atoms with E-state index in [2.05, 4.69) is 22.5 Å². The second-order valence-electron chi connectivity index (χ2n) is 8.09. The third-order valence-electron chi connectivity index (χ3n) is 5.44. The molecule has 1 fully saturated rings. The molecule has 166 valence electrons. The molecule has 1 aliphatic rings. The van der Waals surface area contributed by atoms with Gasteiger partial charge >= 0.3 is 0 Å². The number of pyridine rings is 1. The standard InChI is InChI=1S/C23H30N4O4/c1-16-7-9-26(10-8-16)13-20-12-21(29)22(31-3)14-27(20)15-23(30)25-19-6-4-5-18(11-19)24-17(2)28/h4-6,11-12,14,16H,7-10,13,15H2,1-3H3,(H,24,28)(H,25,30). The summed E-state index contributed by atoms with van der Waals surface area (Å²) >= 11 is 0. The number of carbonyl (C=O) groups excluding carboxylic acids is 2. The number of hydrogen-bond donors (Lipinski definition) is 2. The Morgan fingerprint density at radius 2 is 1.81 bits per heavy atom. The molecule has 0 atom stereocenters. The fourth-order valence-electron chi connectivity index (χ4n) is 3.71. The normalized spacial score (nSPS) is 14.8. The largest absolute Gasteiger partial charge is 0.491 e. The number of piperidine rings is 1. The van der Waals surface area contributed by atoms with Gasteiger partial charge in [-0.25, -0.2) is 0 Å². The van der Waals surface area contributed by atoms with E-state index >= 15 is 0 Å². The van der Waals surface area contributed by atoms with Crippen LogP contribution >= 0.6 is 0 Å². The van der Waals surface area contributed by atoms with Crippen molar-refractivity contribution in [2.75, 3.05) is 30.8 Å². The lowest BCUT2D eigenvalue weighted by Crippen LogP contribution is -2.34. The van der Waals surface area contributed by atoms with Gasteiger partial charge in [-0.3, -0.25) is 19.3 Å². The lowest BCUT2D eigenvalue weighted by atomic mass is 9.99. The van der Waals surface area contributed by atoms with Gasteiger partial charge < -0.3 is 19.9 Å². The summed E-state index contributed by atoms with van der Waals surface area (Å²) in [7, 11) is 1.44. The van der Waals surface area contributed by atoms with Crippen molar-refractivity contribution in [3.8, 4) is 5.75 Å². The molecule has 1 aromatic carbocycles. The Labute approximate surface area is 182 Å². The Morgan fingerprint density at radius 1 is 1.13 bits per heavy atom. The van der Waals surface area contributed by atoms with Gasteiger partial charge in [-0.05, 0) is 50.0 Å². The number of ether oxygens (including phenoxy) is 1. The van der Waals surface area contributed by atoms with Crippen LogP contribution in [0.4, 0.5) is 11.4 Å². The van der Waals surface area contributed by atoms with Crippen LogP contribution in [0.1, 0.15) is 32.4 Å². The molecule has 2 amide bonds. The highest BCUT2D eigenvalue weighted by Crippen LogP contribution is 2.19. The highest BCUT2D eigenvalue weighted by Gasteiger charge is 2.18. The summed E-state index contributed by atoms with van der Waals surface area (Å²) in [6.07, 6.45) is 3.86. The van der Waals surface area contributed by atoms with E-state index < -0.39 is 0 Å². The van der Waals surface area contributed by atoms with Gasteiger partial charge in [0.1, 0.15) is 6.54 Å². The minimum absolute atomic E-state index is 0.0422. The van der Waals surface area contributed by atoms with Crippen LogP contribution in [0, 0.1) is 5.92 Å². The van der Waals surface area contributed by atoms with Crippen molar-refractivity contribution in [3.63, 3.8) is 0 Å². The van der Waals surface area contributed by atoms with Crippen molar-refractivity contribution >= 4 is 23.2 Å². The average molecular weight is 427 g/mol. The van der Waals surface area contributed by atoms with Crippen molar-refractivity contribution in [2.45, 2.75) is 39.8 Å². The molecule has 31 heavy (non-hydrogen) atoms. The number of carbonyl (C=O) groups is 2. The minimum atomic E-state index is -0.237. The quantitative estimate of drug-likeness (QED) is 0.710. The lowest BCUT2D eigenvalue weighted by Gasteiger charge is -2.31. The van der Waals surface area contributed by atoms with E-state index in [0.29, 0.717) is 23.8 Å². The molecule has 1 aliphatic heterocycles. The van der Waals surface area contributed by atoms with Gasteiger partial charge in [0.25, 0.3) is 0 Å². The fourth-order valence-corrected chi connectivity index (χ4v) is 3.71. The monoisotopic (exact) mass is 426 g/mol. The van der Waals surface area contributed by atoms with Crippen LogP contribution in [-0.4, -0.2) is 41.5 Å². The van der Waals surface area contributed by atoms with Crippen LogP contribution in [0.25, 0.3) is 0 Å². The van der Waals surface area contributed by atoms with E-state index in [1.807, 2.05) is 0 Å². The molecule has 0 saturated carbocycles. The van der Waals surface area contributed by atoms with Crippen LogP contribution < -0.4 is 20.8 Å². The number of nitrogens with zero attached hydrogens (tertiary/aromatic N) is 2. The number of amides is 2. The number of nitrogens with one attached hydrogen (secondary N) is 2. The number of anilines is 2. The Balaban J connectivity index is 1.75. The fraction of sp³-hybridized carbons (Fsp3) is 0.435. The molecule has 2 heterocycles. The summed E-state index contributed by atoms with van der Waals surface area (Å²) in [6, 6.07) is 8.51. The van der Waals surface area contributed by atoms with Crippen molar-refractivity contribution in [1.29, 1.82) is 0 Å². The van der Waals surface area contributed by atoms with E-state index in [1.165, 1.54) is 14.0 Å². The number of rotatable bonds is 7. The first-order valence-corrected chi connectivity index (χ1v) is 10.5. The molecule has 0 aliphatic carbocycles. The highest BCUT2D eigenvalue weighted by molar-refractivity contribution is 5.93. The lowest BCUT2D eigenvalue weighted by molar-refractivity contribution is -0.117. The van der Waals surface area contributed by atoms with Crippen LogP contribution in [0.5, 0.6) is 5.75 Å². The van der Waals surface area contributed by atoms with Crippen LogP contribution in [0.2, 0.25) is 0 Å². The Bertz CT molecular complexity index is 993. The predicted octanol–water partition coefficient (Wildman–Crippen LogP) is 2.69. The van der Waals surface area contributed by atoms with Gasteiger partial charge in [-0.1, -0.05) is 13.0 Å². The summed E-state index contributed by atoms with van der Waals surface area (Å²) in [6.45, 7) is 6.29. The van der Waals surface area contributed by atoms with E-state index in [1.54, 1.807) is 41.1 Å². The Morgan fingerprint density at radius 3 is 2.45 bits per heavy atom. The molecule has 0 spiro atoms. The van der Waals surface area contributed by atoms with Crippen molar-refractivity contribution in [1.82, 2.24) is 9.47 Å². The molecule has 1 saturated heterocycles. The van der Waals surface area contributed by atoms with E-state index in [4.69, 9.17) is 4.74 Å². The first-order valence-electron chi connectivity index (χ1n) is 10.5. The van der Waals surface area contributed by atoms with E-state index in [0.717, 1.165) is 31.6 Å². The molecular formula is C23H30N4O4. The maximum absolute atomic E-state index is 12.7.